The second-order valence-electron chi connectivity index (χ2n) is 9.32. The summed E-state index contributed by atoms with van der Waals surface area (Å²) in [6.07, 6.45) is 5.74. The van der Waals surface area contributed by atoms with Gasteiger partial charge in [-0.2, -0.15) is 0 Å². The molecule has 2 N–H and O–H groups in total. The molecule has 1 amide bonds. The highest BCUT2D eigenvalue weighted by Gasteiger charge is 2.47. The average Bonchev–Trinajstić information content (AvgIpc) is 3.60. The van der Waals surface area contributed by atoms with Gasteiger partial charge in [0.25, 0.3) is 0 Å². The van der Waals surface area contributed by atoms with E-state index in [1.54, 1.807) is 6.92 Å². The van der Waals surface area contributed by atoms with Crippen molar-refractivity contribution in [1.82, 2.24) is 10.3 Å². The van der Waals surface area contributed by atoms with Crippen LogP contribution in [0.25, 0.3) is 5.57 Å². The van der Waals surface area contributed by atoms with Crippen LogP contribution in [-0.2, 0) is 4.79 Å². The number of rotatable bonds is 4. The van der Waals surface area contributed by atoms with Crippen molar-refractivity contribution in [3.05, 3.63) is 59.3 Å². The van der Waals surface area contributed by atoms with E-state index in [2.05, 4.69) is 52.8 Å². The first-order valence-corrected chi connectivity index (χ1v) is 11.6. The topological polar surface area (TPSA) is 57.3 Å². The van der Waals surface area contributed by atoms with E-state index in [0.29, 0.717) is 11.8 Å². The van der Waals surface area contributed by atoms with E-state index in [9.17, 15) is 4.79 Å². The zero-order valence-corrected chi connectivity index (χ0v) is 18.7. The summed E-state index contributed by atoms with van der Waals surface area (Å²) >= 11 is 0. The van der Waals surface area contributed by atoms with Gasteiger partial charge in [-0.05, 0) is 79.6 Å². The molecule has 1 aromatic carbocycles. The van der Waals surface area contributed by atoms with Gasteiger partial charge in [-0.15, -0.1) is 0 Å². The zero-order chi connectivity index (χ0) is 21.5. The van der Waals surface area contributed by atoms with Gasteiger partial charge in [0.15, 0.2) is 0 Å². The van der Waals surface area contributed by atoms with Crippen LogP contribution in [0, 0.1) is 18.8 Å². The quantitative estimate of drug-likeness (QED) is 0.758. The smallest absolute Gasteiger partial charge is 0.224 e. The Bertz CT molecular complexity index is 1030. The van der Waals surface area contributed by atoms with Gasteiger partial charge in [0.05, 0.1) is 6.04 Å². The number of aryl methyl sites for hydroxylation is 1. The molecule has 1 saturated carbocycles. The van der Waals surface area contributed by atoms with Crippen LogP contribution in [0.4, 0.5) is 11.5 Å². The van der Waals surface area contributed by atoms with Crippen molar-refractivity contribution in [2.45, 2.75) is 52.1 Å². The Morgan fingerprint density at radius 2 is 2.06 bits per heavy atom. The molecular weight excluding hydrogens is 384 g/mol. The van der Waals surface area contributed by atoms with Crippen LogP contribution in [0.3, 0.4) is 0 Å². The Kier molecular flexibility index (Phi) is 5.30. The Labute approximate surface area is 184 Å². The number of carbonyl (C=O) groups excluding carboxylic acids is 1. The molecule has 0 saturated heterocycles. The van der Waals surface area contributed by atoms with Crippen LogP contribution in [-0.4, -0.2) is 30.0 Å². The van der Waals surface area contributed by atoms with E-state index >= 15 is 0 Å². The maximum Gasteiger partial charge on any atom is 0.224 e. The molecule has 2 aromatic rings. The fraction of sp³-hybridized carbons (Fsp3) is 0.462. The Morgan fingerprint density at radius 3 is 2.74 bits per heavy atom. The van der Waals surface area contributed by atoms with Crippen LogP contribution in [0.1, 0.15) is 56.0 Å². The van der Waals surface area contributed by atoms with E-state index in [1.165, 1.54) is 29.5 Å². The molecule has 5 rings (SSSR count). The molecule has 3 aliphatic rings. The third-order valence-corrected chi connectivity index (χ3v) is 7.06. The highest BCUT2D eigenvalue weighted by molar-refractivity contribution is 5.94. The molecule has 3 heterocycles. The van der Waals surface area contributed by atoms with Gasteiger partial charge in [-0.25, -0.2) is 4.98 Å². The molecule has 0 spiro atoms. The van der Waals surface area contributed by atoms with E-state index in [-0.39, 0.29) is 18.0 Å². The Hall–Kier alpha value is -2.66. The second kappa shape index (κ2) is 8.12. The van der Waals surface area contributed by atoms with Crippen LogP contribution >= 0.6 is 0 Å². The summed E-state index contributed by atoms with van der Waals surface area (Å²) in [5, 5.41) is 7.15. The number of hydrogen-bond donors (Lipinski definition) is 2. The van der Waals surface area contributed by atoms with Crippen molar-refractivity contribution in [2.24, 2.45) is 11.8 Å². The third-order valence-electron chi connectivity index (χ3n) is 7.06. The summed E-state index contributed by atoms with van der Waals surface area (Å²) in [7, 11) is 0. The van der Waals surface area contributed by atoms with Crippen molar-refractivity contribution < 1.29 is 4.79 Å². The first-order valence-electron chi connectivity index (χ1n) is 11.6. The molecule has 3 atom stereocenters. The molecular formula is C26H32N4O. The van der Waals surface area contributed by atoms with Crippen LogP contribution in [0.5, 0.6) is 0 Å². The average molecular weight is 417 g/mol. The number of nitrogens with one attached hydrogen (secondary N) is 2. The summed E-state index contributed by atoms with van der Waals surface area (Å²) in [5.41, 5.74) is 5.93. The van der Waals surface area contributed by atoms with Crippen molar-refractivity contribution in [2.75, 3.05) is 23.3 Å². The van der Waals surface area contributed by atoms with E-state index in [0.717, 1.165) is 36.7 Å². The number of hydrogen-bond acceptors (Lipinski definition) is 4. The molecule has 5 nitrogen and oxygen atoms in total. The lowest BCUT2D eigenvalue weighted by molar-refractivity contribution is -0.117. The summed E-state index contributed by atoms with van der Waals surface area (Å²) in [4.78, 5) is 19.6. The minimum Gasteiger partial charge on any atom is -0.363 e. The van der Waals surface area contributed by atoms with Crippen molar-refractivity contribution in [3.8, 4) is 0 Å². The highest BCUT2D eigenvalue weighted by Crippen LogP contribution is 2.50. The lowest BCUT2D eigenvalue weighted by atomic mass is 9.79. The molecule has 0 bridgehead atoms. The first-order chi connectivity index (χ1) is 15.0. The molecule has 5 heteroatoms. The Morgan fingerprint density at radius 1 is 1.23 bits per heavy atom. The maximum atomic E-state index is 12.8. The summed E-state index contributed by atoms with van der Waals surface area (Å²) in [5.74, 6) is 1.93. The van der Waals surface area contributed by atoms with Crippen molar-refractivity contribution in [1.29, 1.82) is 0 Å². The standard InChI is InChI=1S/C26H32N4O/c1-16-5-4-6-24(28-16)29-25-17(2)26(20-7-8-20)30(18(3)31)23-10-9-21(15-22(23)25)19-11-13-27-14-12-19/h4-6,9-11,15,17,20,25-27H,7-8,12-14H2,1-3H3,(H,28,29)/t17?,25-,26?/m0/s1. The summed E-state index contributed by atoms with van der Waals surface area (Å²) < 4.78 is 0. The number of nitrogens with zero attached hydrogens (tertiary/aromatic N) is 2. The largest absolute Gasteiger partial charge is 0.363 e. The minimum atomic E-state index is 0.118. The molecule has 31 heavy (non-hydrogen) atoms. The lowest BCUT2D eigenvalue weighted by Gasteiger charge is -2.46. The fourth-order valence-electron chi connectivity index (χ4n) is 5.43. The molecule has 1 aliphatic carbocycles. The van der Waals surface area contributed by atoms with Crippen LogP contribution < -0.4 is 15.5 Å². The molecule has 1 aromatic heterocycles. The monoisotopic (exact) mass is 416 g/mol. The first kappa shape index (κ1) is 20.3. The van der Waals surface area contributed by atoms with Crippen molar-refractivity contribution >= 4 is 23.0 Å². The van der Waals surface area contributed by atoms with Crippen LogP contribution in [0.2, 0.25) is 0 Å². The van der Waals surface area contributed by atoms with Crippen molar-refractivity contribution in [3.63, 3.8) is 0 Å². The SMILES string of the molecule is CC(=O)N1c2ccc(C3=CCNCC3)cc2[C@@H](Nc2cccc(C)n2)C(C)C1C1CC1. The number of fused-ring (bicyclic) bond motifs is 1. The normalized spacial score (nSPS) is 25.6. The second-order valence-corrected chi connectivity index (χ2v) is 9.32. The predicted molar refractivity (Wildman–Crippen MR) is 126 cm³/mol. The minimum absolute atomic E-state index is 0.118. The number of amides is 1. The molecule has 0 radical (unpaired) electrons. The number of aromatic nitrogens is 1. The number of benzene rings is 1. The van der Waals surface area contributed by atoms with Gasteiger partial charge in [-0.3, -0.25) is 4.79 Å². The zero-order valence-electron chi connectivity index (χ0n) is 18.7. The molecule has 2 aliphatic heterocycles. The molecule has 1 fully saturated rings. The van der Waals surface area contributed by atoms with Gasteiger partial charge in [-0.1, -0.05) is 25.1 Å². The fourth-order valence-corrected chi connectivity index (χ4v) is 5.43. The summed E-state index contributed by atoms with van der Waals surface area (Å²) in [6.45, 7) is 7.96. The number of carbonyl (C=O) groups is 1. The Balaban J connectivity index is 1.61. The van der Waals surface area contributed by atoms with Gasteiger partial charge >= 0.3 is 0 Å². The maximum absolute atomic E-state index is 12.8. The van der Waals surface area contributed by atoms with Gasteiger partial charge in [0.2, 0.25) is 5.91 Å². The van der Waals surface area contributed by atoms with Gasteiger partial charge < -0.3 is 15.5 Å². The molecule has 162 valence electrons. The number of pyridine rings is 1. The summed E-state index contributed by atoms with van der Waals surface area (Å²) in [6, 6.07) is 13.2. The van der Waals surface area contributed by atoms with Crippen LogP contribution in [0.15, 0.2) is 42.5 Å². The van der Waals surface area contributed by atoms with E-state index in [4.69, 9.17) is 4.98 Å². The van der Waals surface area contributed by atoms with E-state index < -0.39 is 0 Å². The molecule has 2 unspecified atom stereocenters. The highest BCUT2D eigenvalue weighted by atomic mass is 16.2. The van der Waals surface area contributed by atoms with Gasteiger partial charge in [0, 0.05) is 36.8 Å². The number of anilines is 2. The van der Waals surface area contributed by atoms with E-state index in [1.807, 2.05) is 19.1 Å². The van der Waals surface area contributed by atoms with Gasteiger partial charge in [0.1, 0.15) is 5.82 Å². The predicted octanol–water partition coefficient (Wildman–Crippen LogP) is 4.70. The lowest BCUT2D eigenvalue weighted by Crippen LogP contribution is -2.51. The third kappa shape index (κ3) is 3.87.